The molecule has 0 atom stereocenters. The molecule has 3 nitrogen and oxygen atoms in total. The minimum atomic E-state index is -0.589. The van der Waals surface area contributed by atoms with E-state index in [0.29, 0.717) is 0 Å². The molecular weight excluding hydrogens is 224 g/mol. The van der Waals surface area contributed by atoms with Crippen molar-refractivity contribution in [2.45, 2.75) is 26.4 Å². The standard InChI is InChI=1S/C12H23ClN2O/c1-11(8-13)9-14-4-6-15(7-5-14)10-12(2,3)16/h8,16H,4-7,9-10H2,1-3H3. The van der Waals surface area contributed by atoms with E-state index in [2.05, 4.69) is 16.7 Å². The van der Waals surface area contributed by atoms with Gasteiger partial charge in [0.15, 0.2) is 0 Å². The molecule has 4 heteroatoms. The quantitative estimate of drug-likeness (QED) is 0.815. The van der Waals surface area contributed by atoms with Gasteiger partial charge in [-0.25, -0.2) is 0 Å². The van der Waals surface area contributed by atoms with Crippen molar-refractivity contribution in [2.24, 2.45) is 0 Å². The number of halogens is 1. The smallest absolute Gasteiger partial charge is 0.0718 e. The molecule has 0 bridgehead atoms. The fraction of sp³-hybridized carbons (Fsp3) is 0.833. The fourth-order valence-electron chi connectivity index (χ4n) is 2.04. The van der Waals surface area contributed by atoms with Crippen molar-refractivity contribution >= 4 is 11.6 Å². The lowest BCUT2D eigenvalue weighted by Crippen LogP contribution is -2.50. The van der Waals surface area contributed by atoms with Gasteiger partial charge in [0, 0.05) is 44.8 Å². The Morgan fingerprint density at radius 2 is 1.75 bits per heavy atom. The predicted octanol–water partition coefficient (Wildman–Crippen LogP) is 1.52. The molecule has 1 rings (SSSR count). The zero-order chi connectivity index (χ0) is 12.2. The summed E-state index contributed by atoms with van der Waals surface area (Å²) in [5.74, 6) is 0. The first-order chi connectivity index (χ1) is 7.40. The van der Waals surface area contributed by atoms with Crippen LogP contribution < -0.4 is 0 Å². The van der Waals surface area contributed by atoms with Crippen LogP contribution in [0, 0.1) is 0 Å². The molecule has 1 saturated heterocycles. The summed E-state index contributed by atoms with van der Waals surface area (Å²) in [5, 5.41) is 9.74. The van der Waals surface area contributed by atoms with E-state index < -0.39 is 5.60 Å². The first kappa shape index (κ1) is 14.0. The van der Waals surface area contributed by atoms with Gasteiger partial charge in [0.1, 0.15) is 0 Å². The van der Waals surface area contributed by atoms with E-state index in [1.165, 1.54) is 5.57 Å². The highest BCUT2D eigenvalue weighted by molar-refractivity contribution is 6.25. The average Bonchev–Trinajstić information content (AvgIpc) is 2.18. The molecule has 0 aromatic carbocycles. The Balaban J connectivity index is 2.29. The van der Waals surface area contributed by atoms with Gasteiger partial charge in [-0.05, 0) is 26.3 Å². The molecule has 1 heterocycles. The van der Waals surface area contributed by atoms with Crippen LogP contribution in [-0.2, 0) is 0 Å². The van der Waals surface area contributed by atoms with Crippen LogP contribution in [0.15, 0.2) is 11.1 Å². The molecule has 94 valence electrons. The van der Waals surface area contributed by atoms with Crippen molar-refractivity contribution < 1.29 is 5.11 Å². The molecule has 0 unspecified atom stereocenters. The highest BCUT2D eigenvalue weighted by Gasteiger charge is 2.22. The van der Waals surface area contributed by atoms with E-state index in [0.717, 1.165) is 39.3 Å². The monoisotopic (exact) mass is 246 g/mol. The van der Waals surface area contributed by atoms with Gasteiger partial charge in [0.05, 0.1) is 5.60 Å². The molecule has 1 N–H and O–H groups in total. The second-order valence-corrected chi connectivity index (χ2v) is 5.54. The minimum absolute atomic E-state index is 0.589. The topological polar surface area (TPSA) is 26.7 Å². The summed E-state index contributed by atoms with van der Waals surface area (Å²) in [6, 6.07) is 0. The molecular formula is C12H23ClN2O. The van der Waals surface area contributed by atoms with Crippen molar-refractivity contribution in [3.8, 4) is 0 Å². The van der Waals surface area contributed by atoms with Crippen molar-refractivity contribution in [2.75, 3.05) is 39.3 Å². The number of β-amino-alcohol motifs (C(OH)–C–C–N with tert-alkyl or cyclic N) is 1. The van der Waals surface area contributed by atoms with Gasteiger partial charge in [-0.1, -0.05) is 11.6 Å². The number of aliphatic hydroxyl groups is 1. The highest BCUT2D eigenvalue weighted by atomic mass is 35.5. The van der Waals surface area contributed by atoms with Crippen LogP contribution >= 0.6 is 11.6 Å². The van der Waals surface area contributed by atoms with Gasteiger partial charge in [-0.3, -0.25) is 9.80 Å². The molecule has 0 radical (unpaired) electrons. The lowest BCUT2D eigenvalue weighted by molar-refractivity contribution is 0.0190. The Labute approximate surface area is 104 Å². The van der Waals surface area contributed by atoms with Crippen molar-refractivity contribution in [1.29, 1.82) is 0 Å². The Morgan fingerprint density at radius 3 is 2.19 bits per heavy atom. The van der Waals surface area contributed by atoms with Gasteiger partial charge < -0.3 is 5.11 Å². The summed E-state index contributed by atoms with van der Waals surface area (Å²) in [5.41, 5.74) is 2.27. The van der Waals surface area contributed by atoms with Crippen molar-refractivity contribution in [1.82, 2.24) is 9.80 Å². The SMILES string of the molecule is CC(=CCl)CN1CCN(CC(C)(C)O)CC1. The number of rotatable bonds is 4. The van der Waals surface area contributed by atoms with E-state index in [9.17, 15) is 5.11 Å². The molecule has 0 aliphatic carbocycles. The number of nitrogens with zero attached hydrogens (tertiary/aromatic N) is 2. The largest absolute Gasteiger partial charge is 0.389 e. The second kappa shape index (κ2) is 6.01. The van der Waals surface area contributed by atoms with E-state index >= 15 is 0 Å². The summed E-state index contributed by atoms with van der Waals surface area (Å²) < 4.78 is 0. The summed E-state index contributed by atoms with van der Waals surface area (Å²) in [7, 11) is 0. The van der Waals surface area contributed by atoms with Crippen LogP contribution in [0.2, 0.25) is 0 Å². The van der Waals surface area contributed by atoms with Gasteiger partial charge in [0.25, 0.3) is 0 Å². The summed E-state index contributed by atoms with van der Waals surface area (Å²) in [6.45, 7) is 11.6. The number of hydrogen-bond acceptors (Lipinski definition) is 3. The van der Waals surface area contributed by atoms with Gasteiger partial charge in [-0.15, -0.1) is 0 Å². The maximum atomic E-state index is 9.74. The maximum Gasteiger partial charge on any atom is 0.0718 e. The van der Waals surface area contributed by atoms with Crippen molar-refractivity contribution in [3.63, 3.8) is 0 Å². The number of hydrogen-bond donors (Lipinski definition) is 1. The fourth-order valence-corrected chi connectivity index (χ4v) is 2.11. The van der Waals surface area contributed by atoms with Crippen LogP contribution in [-0.4, -0.2) is 59.8 Å². The molecule has 0 aromatic heterocycles. The summed E-state index contributed by atoms with van der Waals surface area (Å²) in [6.07, 6.45) is 0. The zero-order valence-electron chi connectivity index (χ0n) is 10.5. The summed E-state index contributed by atoms with van der Waals surface area (Å²) in [4.78, 5) is 4.71. The molecule has 0 amide bonds. The van der Waals surface area contributed by atoms with Gasteiger partial charge >= 0.3 is 0 Å². The molecule has 0 saturated carbocycles. The van der Waals surface area contributed by atoms with E-state index in [1.54, 1.807) is 5.54 Å². The molecule has 16 heavy (non-hydrogen) atoms. The minimum Gasteiger partial charge on any atom is -0.389 e. The van der Waals surface area contributed by atoms with Crippen molar-refractivity contribution in [3.05, 3.63) is 11.1 Å². The normalized spacial score (nSPS) is 21.4. The molecule has 1 fully saturated rings. The predicted molar refractivity (Wildman–Crippen MR) is 68.8 cm³/mol. The van der Waals surface area contributed by atoms with E-state index in [4.69, 9.17) is 11.6 Å². The van der Waals surface area contributed by atoms with E-state index in [-0.39, 0.29) is 0 Å². The van der Waals surface area contributed by atoms with Gasteiger partial charge in [0.2, 0.25) is 0 Å². The Kier molecular flexibility index (Phi) is 5.25. The molecule has 0 aromatic rings. The first-order valence-electron chi connectivity index (χ1n) is 5.83. The molecule has 1 aliphatic heterocycles. The highest BCUT2D eigenvalue weighted by Crippen LogP contribution is 2.10. The zero-order valence-corrected chi connectivity index (χ0v) is 11.3. The molecule has 0 spiro atoms. The van der Waals surface area contributed by atoms with Crippen LogP contribution in [0.5, 0.6) is 0 Å². The third-order valence-electron chi connectivity index (χ3n) is 2.73. The Morgan fingerprint density at radius 1 is 1.25 bits per heavy atom. The van der Waals surface area contributed by atoms with Crippen LogP contribution in [0.25, 0.3) is 0 Å². The average molecular weight is 247 g/mol. The first-order valence-corrected chi connectivity index (χ1v) is 6.27. The Hall–Kier alpha value is -0.0900. The summed E-state index contributed by atoms with van der Waals surface area (Å²) >= 11 is 5.65. The van der Waals surface area contributed by atoms with Crippen LogP contribution in [0.4, 0.5) is 0 Å². The van der Waals surface area contributed by atoms with Gasteiger partial charge in [-0.2, -0.15) is 0 Å². The number of piperazine rings is 1. The second-order valence-electron chi connectivity index (χ2n) is 5.32. The van der Waals surface area contributed by atoms with E-state index in [1.807, 2.05) is 13.8 Å². The maximum absolute atomic E-state index is 9.74. The third-order valence-corrected chi connectivity index (χ3v) is 3.11. The lowest BCUT2D eigenvalue weighted by Gasteiger charge is -2.37. The van der Waals surface area contributed by atoms with Crippen LogP contribution in [0.1, 0.15) is 20.8 Å². The Bertz CT molecular complexity index is 240. The third kappa shape index (κ3) is 5.30. The molecule has 1 aliphatic rings. The van der Waals surface area contributed by atoms with Crippen LogP contribution in [0.3, 0.4) is 0 Å². The lowest BCUT2D eigenvalue weighted by atomic mass is 10.1.